The number of halogens is 1. The highest BCUT2D eigenvalue weighted by atomic mass is 79.9. The first kappa shape index (κ1) is 14.6. The highest BCUT2D eigenvalue weighted by Gasteiger charge is 2.05. The van der Waals surface area contributed by atoms with E-state index in [0.29, 0.717) is 6.54 Å². The summed E-state index contributed by atoms with van der Waals surface area (Å²) in [7, 11) is 0. The van der Waals surface area contributed by atoms with E-state index in [4.69, 9.17) is 0 Å². The molecule has 0 saturated heterocycles. The number of carbonyl (C=O) groups is 1. The Kier molecular flexibility index (Phi) is 4.79. The van der Waals surface area contributed by atoms with Crippen LogP contribution in [0.1, 0.15) is 16.7 Å². The zero-order chi connectivity index (χ0) is 14.5. The smallest absolute Gasteiger partial charge is 0.319 e. The molecule has 0 saturated carbocycles. The van der Waals surface area contributed by atoms with Gasteiger partial charge in [0.05, 0.1) is 0 Å². The van der Waals surface area contributed by atoms with Crippen molar-refractivity contribution >= 4 is 27.6 Å². The molecule has 2 rings (SSSR count). The number of hydrogen-bond donors (Lipinski definition) is 2. The fraction of sp³-hybridized carbons (Fsp3) is 0.188. The third-order valence-corrected chi connectivity index (χ3v) is 3.64. The number of nitrogens with one attached hydrogen (secondary N) is 2. The van der Waals surface area contributed by atoms with Gasteiger partial charge in [-0.2, -0.15) is 0 Å². The summed E-state index contributed by atoms with van der Waals surface area (Å²) in [5.74, 6) is 0. The van der Waals surface area contributed by atoms with Crippen molar-refractivity contribution < 1.29 is 4.79 Å². The molecule has 0 aliphatic heterocycles. The Morgan fingerprint density at radius 2 is 1.85 bits per heavy atom. The Hall–Kier alpha value is -1.81. The lowest BCUT2D eigenvalue weighted by Crippen LogP contribution is -2.28. The van der Waals surface area contributed by atoms with Gasteiger partial charge in [0.1, 0.15) is 0 Å². The van der Waals surface area contributed by atoms with Crippen LogP contribution in [-0.2, 0) is 6.54 Å². The van der Waals surface area contributed by atoms with Crippen LogP contribution < -0.4 is 10.6 Å². The van der Waals surface area contributed by atoms with Crippen molar-refractivity contribution in [3.8, 4) is 0 Å². The SMILES string of the molecule is Cc1ccccc1CNC(=O)Nc1cc(Br)ccc1C. The van der Waals surface area contributed by atoms with Crippen molar-refractivity contribution in [2.45, 2.75) is 20.4 Å². The minimum atomic E-state index is -0.200. The molecule has 2 N–H and O–H groups in total. The van der Waals surface area contributed by atoms with Gasteiger partial charge in [-0.15, -0.1) is 0 Å². The molecule has 2 aromatic rings. The van der Waals surface area contributed by atoms with Crippen LogP contribution in [0.2, 0.25) is 0 Å². The number of anilines is 1. The molecule has 0 aromatic heterocycles. The van der Waals surface area contributed by atoms with Gasteiger partial charge in [0.25, 0.3) is 0 Å². The van der Waals surface area contributed by atoms with Gasteiger partial charge < -0.3 is 10.6 Å². The van der Waals surface area contributed by atoms with Gasteiger partial charge >= 0.3 is 6.03 Å². The minimum absolute atomic E-state index is 0.200. The lowest BCUT2D eigenvalue weighted by atomic mass is 10.1. The number of rotatable bonds is 3. The van der Waals surface area contributed by atoms with Crippen molar-refractivity contribution in [2.75, 3.05) is 5.32 Å². The first-order valence-corrected chi connectivity index (χ1v) is 7.21. The highest BCUT2D eigenvalue weighted by molar-refractivity contribution is 9.10. The summed E-state index contributed by atoms with van der Waals surface area (Å²) < 4.78 is 0.942. The van der Waals surface area contributed by atoms with E-state index < -0.39 is 0 Å². The Balaban J connectivity index is 1.96. The second kappa shape index (κ2) is 6.57. The fourth-order valence-corrected chi connectivity index (χ4v) is 2.24. The lowest BCUT2D eigenvalue weighted by molar-refractivity contribution is 0.251. The molecule has 0 spiro atoms. The minimum Gasteiger partial charge on any atom is -0.334 e. The number of benzene rings is 2. The van der Waals surface area contributed by atoms with Crippen molar-refractivity contribution in [1.82, 2.24) is 5.32 Å². The van der Waals surface area contributed by atoms with Crippen LogP contribution in [0.5, 0.6) is 0 Å². The van der Waals surface area contributed by atoms with Crippen LogP contribution in [0.25, 0.3) is 0 Å². The zero-order valence-electron chi connectivity index (χ0n) is 11.5. The maximum absolute atomic E-state index is 11.9. The van der Waals surface area contributed by atoms with E-state index in [0.717, 1.165) is 21.3 Å². The zero-order valence-corrected chi connectivity index (χ0v) is 13.1. The Morgan fingerprint density at radius 3 is 2.60 bits per heavy atom. The predicted octanol–water partition coefficient (Wildman–Crippen LogP) is 4.39. The number of urea groups is 1. The molecule has 2 amide bonds. The normalized spacial score (nSPS) is 10.2. The van der Waals surface area contributed by atoms with E-state index in [9.17, 15) is 4.79 Å². The summed E-state index contributed by atoms with van der Waals surface area (Å²) in [6.07, 6.45) is 0. The van der Waals surface area contributed by atoms with Gasteiger partial charge in [-0.3, -0.25) is 0 Å². The van der Waals surface area contributed by atoms with Crippen molar-refractivity contribution in [2.24, 2.45) is 0 Å². The molecular weight excluding hydrogens is 316 g/mol. The van der Waals surface area contributed by atoms with Crippen molar-refractivity contribution in [3.63, 3.8) is 0 Å². The number of hydrogen-bond acceptors (Lipinski definition) is 1. The van der Waals surface area contributed by atoms with E-state index in [-0.39, 0.29) is 6.03 Å². The molecule has 2 aromatic carbocycles. The molecule has 3 nitrogen and oxygen atoms in total. The highest BCUT2D eigenvalue weighted by Crippen LogP contribution is 2.20. The summed E-state index contributed by atoms with van der Waals surface area (Å²) in [5, 5.41) is 5.73. The molecular formula is C16H17BrN2O. The van der Waals surface area contributed by atoms with Crippen LogP contribution in [0.3, 0.4) is 0 Å². The third-order valence-electron chi connectivity index (χ3n) is 3.15. The fourth-order valence-electron chi connectivity index (χ4n) is 1.88. The van der Waals surface area contributed by atoms with E-state index in [2.05, 4.69) is 26.6 Å². The first-order chi connectivity index (χ1) is 9.56. The Labute approximate surface area is 127 Å². The maximum Gasteiger partial charge on any atom is 0.319 e. The molecule has 0 atom stereocenters. The molecule has 0 fully saturated rings. The summed E-state index contributed by atoms with van der Waals surface area (Å²) in [6, 6.07) is 13.6. The van der Waals surface area contributed by atoms with Gasteiger partial charge in [0.2, 0.25) is 0 Å². The summed E-state index contributed by atoms with van der Waals surface area (Å²) in [6.45, 7) is 4.52. The number of amides is 2. The molecule has 0 radical (unpaired) electrons. The molecule has 4 heteroatoms. The molecule has 0 aliphatic rings. The van der Waals surface area contributed by atoms with Gasteiger partial charge in [-0.25, -0.2) is 4.79 Å². The third kappa shape index (κ3) is 3.84. The average Bonchev–Trinajstić information content (AvgIpc) is 2.42. The standard InChI is InChI=1S/C16H17BrN2O/c1-11-5-3-4-6-13(11)10-18-16(20)19-15-9-14(17)8-7-12(15)2/h3-9H,10H2,1-2H3,(H2,18,19,20). The van der Waals surface area contributed by atoms with E-state index >= 15 is 0 Å². The second-order valence-corrected chi connectivity index (χ2v) is 5.61. The Morgan fingerprint density at radius 1 is 1.10 bits per heavy atom. The van der Waals surface area contributed by atoms with Crippen LogP contribution in [0, 0.1) is 13.8 Å². The second-order valence-electron chi connectivity index (χ2n) is 4.69. The number of aryl methyl sites for hydroxylation is 2. The summed E-state index contributed by atoms with van der Waals surface area (Å²) in [4.78, 5) is 11.9. The first-order valence-electron chi connectivity index (χ1n) is 6.42. The van der Waals surface area contributed by atoms with E-state index in [1.807, 2.05) is 56.3 Å². The van der Waals surface area contributed by atoms with Gasteiger partial charge in [0, 0.05) is 16.7 Å². The summed E-state index contributed by atoms with van der Waals surface area (Å²) in [5.41, 5.74) is 4.13. The van der Waals surface area contributed by atoms with Crippen LogP contribution in [0.15, 0.2) is 46.9 Å². The molecule has 0 bridgehead atoms. The average molecular weight is 333 g/mol. The van der Waals surface area contributed by atoms with E-state index in [1.165, 1.54) is 5.56 Å². The van der Waals surface area contributed by atoms with Crippen LogP contribution >= 0.6 is 15.9 Å². The lowest BCUT2D eigenvalue weighted by Gasteiger charge is -2.11. The predicted molar refractivity (Wildman–Crippen MR) is 85.9 cm³/mol. The van der Waals surface area contributed by atoms with Crippen molar-refractivity contribution in [3.05, 3.63) is 63.6 Å². The Bertz CT molecular complexity index is 626. The molecule has 20 heavy (non-hydrogen) atoms. The number of carbonyl (C=O) groups excluding carboxylic acids is 1. The molecule has 0 unspecified atom stereocenters. The molecule has 0 aliphatic carbocycles. The quantitative estimate of drug-likeness (QED) is 0.859. The molecule has 0 heterocycles. The van der Waals surface area contributed by atoms with Crippen LogP contribution in [-0.4, -0.2) is 6.03 Å². The van der Waals surface area contributed by atoms with Gasteiger partial charge in [-0.05, 0) is 42.7 Å². The van der Waals surface area contributed by atoms with E-state index in [1.54, 1.807) is 0 Å². The van der Waals surface area contributed by atoms with Gasteiger partial charge in [-0.1, -0.05) is 46.3 Å². The van der Waals surface area contributed by atoms with Gasteiger partial charge in [0.15, 0.2) is 0 Å². The van der Waals surface area contributed by atoms with Crippen molar-refractivity contribution in [1.29, 1.82) is 0 Å². The maximum atomic E-state index is 11.9. The summed E-state index contributed by atoms with van der Waals surface area (Å²) >= 11 is 3.40. The van der Waals surface area contributed by atoms with Crippen LogP contribution in [0.4, 0.5) is 10.5 Å². The topological polar surface area (TPSA) is 41.1 Å². The monoisotopic (exact) mass is 332 g/mol. The molecule has 104 valence electrons. The largest absolute Gasteiger partial charge is 0.334 e.